The van der Waals surface area contributed by atoms with Crippen molar-refractivity contribution in [1.29, 1.82) is 0 Å². The van der Waals surface area contributed by atoms with Gasteiger partial charge >= 0.3 is 0 Å². The number of benzene rings is 1. The van der Waals surface area contributed by atoms with Gasteiger partial charge < -0.3 is 9.64 Å². The maximum absolute atomic E-state index is 5.80. The van der Waals surface area contributed by atoms with Crippen molar-refractivity contribution in [1.82, 2.24) is 4.90 Å². The van der Waals surface area contributed by atoms with Crippen molar-refractivity contribution < 1.29 is 4.74 Å². The third-order valence-corrected chi connectivity index (χ3v) is 3.70. The SMILES string of the molecule is COC1(Cc2ccccc2)CCN(C)CC1. The van der Waals surface area contributed by atoms with Crippen molar-refractivity contribution in [2.24, 2.45) is 0 Å². The molecule has 2 nitrogen and oxygen atoms in total. The summed E-state index contributed by atoms with van der Waals surface area (Å²) < 4.78 is 5.80. The molecule has 1 heterocycles. The van der Waals surface area contributed by atoms with Gasteiger partial charge in [-0.15, -0.1) is 0 Å². The number of hydrogen-bond donors (Lipinski definition) is 0. The Labute approximate surface area is 98.2 Å². The van der Waals surface area contributed by atoms with Gasteiger partial charge in [0.25, 0.3) is 0 Å². The van der Waals surface area contributed by atoms with Gasteiger partial charge in [0.2, 0.25) is 0 Å². The smallest absolute Gasteiger partial charge is 0.0743 e. The number of ether oxygens (including phenoxy) is 1. The van der Waals surface area contributed by atoms with Crippen LogP contribution in [0.15, 0.2) is 30.3 Å². The minimum Gasteiger partial charge on any atom is -0.378 e. The summed E-state index contributed by atoms with van der Waals surface area (Å²) in [5, 5.41) is 0. The maximum atomic E-state index is 5.80. The summed E-state index contributed by atoms with van der Waals surface area (Å²) in [6.07, 6.45) is 3.31. The predicted octanol–water partition coefficient (Wildman–Crippen LogP) is 2.34. The fourth-order valence-electron chi connectivity index (χ4n) is 2.45. The van der Waals surface area contributed by atoms with Crippen LogP contribution in [0.5, 0.6) is 0 Å². The van der Waals surface area contributed by atoms with E-state index in [1.165, 1.54) is 5.56 Å². The first-order valence-electron chi connectivity index (χ1n) is 6.02. The maximum Gasteiger partial charge on any atom is 0.0743 e. The Balaban J connectivity index is 2.05. The van der Waals surface area contributed by atoms with E-state index in [2.05, 4.69) is 42.3 Å². The molecule has 0 radical (unpaired) electrons. The topological polar surface area (TPSA) is 12.5 Å². The number of piperidine rings is 1. The van der Waals surface area contributed by atoms with E-state index in [1.807, 2.05) is 7.11 Å². The van der Waals surface area contributed by atoms with Gasteiger partial charge in [-0.05, 0) is 25.5 Å². The molecule has 2 heteroatoms. The van der Waals surface area contributed by atoms with Gasteiger partial charge in [0.15, 0.2) is 0 Å². The first-order chi connectivity index (χ1) is 7.74. The minimum absolute atomic E-state index is 0.0634. The lowest BCUT2D eigenvalue weighted by Crippen LogP contribution is -2.45. The van der Waals surface area contributed by atoms with Crippen LogP contribution in [0.4, 0.5) is 0 Å². The molecule has 0 saturated carbocycles. The Morgan fingerprint density at radius 2 is 1.81 bits per heavy atom. The second-order valence-corrected chi connectivity index (χ2v) is 4.85. The average Bonchev–Trinajstić information content (AvgIpc) is 2.34. The molecule has 0 aliphatic carbocycles. The molecule has 0 N–H and O–H groups in total. The molecule has 16 heavy (non-hydrogen) atoms. The van der Waals surface area contributed by atoms with Gasteiger partial charge in [0, 0.05) is 26.6 Å². The molecule has 0 atom stereocenters. The van der Waals surface area contributed by atoms with Crippen LogP contribution < -0.4 is 0 Å². The highest BCUT2D eigenvalue weighted by atomic mass is 16.5. The standard InChI is InChI=1S/C14H21NO/c1-15-10-8-14(16-2,9-11-15)12-13-6-4-3-5-7-13/h3-7H,8-12H2,1-2H3. The molecule has 1 aromatic carbocycles. The summed E-state index contributed by atoms with van der Waals surface area (Å²) >= 11 is 0. The molecule has 1 aliphatic rings. The molecule has 2 rings (SSSR count). The number of nitrogens with zero attached hydrogens (tertiary/aromatic N) is 1. The number of hydrogen-bond acceptors (Lipinski definition) is 2. The Morgan fingerprint density at radius 3 is 2.38 bits per heavy atom. The number of rotatable bonds is 3. The molecule has 0 spiro atoms. The van der Waals surface area contributed by atoms with Crippen LogP contribution in [-0.4, -0.2) is 37.7 Å². The summed E-state index contributed by atoms with van der Waals surface area (Å²) in [5.74, 6) is 0. The average molecular weight is 219 g/mol. The van der Waals surface area contributed by atoms with Gasteiger partial charge in [-0.3, -0.25) is 0 Å². The van der Waals surface area contributed by atoms with Crippen LogP contribution in [0.3, 0.4) is 0 Å². The van der Waals surface area contributed by atoms with E-state index in [0.29, 0.717) is 0 Å². The first kappa shape index (κ1) is 11.6. The van der Waals surface area contributed by atoms with Crippen LogP contribution in [0, 0.1) is 0 Å². The van der Waals surface area contributed by atoms with Crippen LogP contribution in [0.2, 0.25) is 0 Å². The van der Waals surface area contributed by atoms with Crippen molar-refractivity contribution in [2.75, 3.05) is 27.2 Å². The van der Waals surface area contributed by atoms with Gasteiger partial charge in [-0.2, -0.15) is 0 Å². The summed E-state index contributed by atoms with van der Waals surface area (Å²) in [6.45, 7) is 2.28. The van der Waals surface area contributed by atoms with E-state index >= 15 is 0 Å². The van der Waals surface area contributed by atoms with E-state index in [1.54, 1.807) is 0 Å². The Kier molecular flexibility index (Phi) is 3.62. The van der Waals surface area contributed by atoms with Gasteiger partial charge in [-0.1, -0.05) is 30.3 Å². The molecule has 0 bridgehead atoms. The first-order valence-corrected chi connectivity index (χ1v) is 6.02. The largest absolute Gasteiger partial charge is 0.378 e. The molecule has 1 aromatic rings. The quantitative estimate of drug-likeness (QED) is 0.773. The second kappa shape index (κ2) is 4.98. The predicted molar refractivity (Wildman–Crippen MR) is 66.6 cm³/mol. The fraction of sp³-hybridized carbons (Fsp3) is 0.571. The summed E-state index contributed by atoms with van der Waals surface area (Å²) in [5.41, 5.74) is 1.45. The lowest BCUT2D eigenvalue weighted by molar-refractivity contribution is -0.0525. The molecule has 1 saturated heterocycles. The van der Waals surface area contributed by atoms with Gasteiger partial charge in [-0.25, -0.2) is 0 Å². The Morgan fingerprint density at radius 1 is 1.19 bits per heavy atom. The van der Waals surface area contributed by atoms with E-state index in [0.717, 1.165) is 32.4 Å². The third kappa shape index (κ3) is 2.63. The lowest BCUT2D eigenvalue weighted by Gasteiger charge is -2.39. The molecule has 1 aliphatic heterocycles. The zero-order chi connectivity index (χ0) is 11.4. The van der Waals surface area contributed by atoms with Crippen molar-refractivity contribution in [3.05, 3.63) is 35.9 Å². The Hall–Kier alpha value is -0.860. The van der Waals surface area contributed by atoms with E-state index in [4.69, 9.17) is 4.74 Å². The van der Waals surface area contributed by atoms with Gasteiger partial charge in [0.05, 0.1) is 5.60 Å². The summed E-state index contributed by atoms with van der Waals surface area (Å²) in [7, 11) is 4.04. The van der Waals surface area contributed by atoms with Crippen molar-refractivity contribution >= 4 is 0 Å². The monoisotopic (exact) mass is 219 g/mol. The van der Waals surface area contributed by atoms with Crippen molar-refractivity contribution in [3.63, 3.8) is 0 Å². The highest BCUT2D eigenvalue weighted by Gasteiger charge is 2.33. The zero-order valence-electron chi connectivity index (χ0n) is 10.3. The number of methoxy groups -OCH3 is 1. The summed E-state index contributed by atoms with van der Waals surface area (Å²) in [6, 6.07) is 10.7. The van der Waals surface area contributed by atoms with E-state index < -0.39 is 0 Å². The van der Waals surface area contributed by atoms with Crippen molar-refractivity contribution in [2.45, 2.75) is 24.9 Å². The zero-order valence-corrected chi connectivity index (χ0v) is 10.3. The van der Waals surface area contributed by atoms with Crippen molar-refractivity contribution in [3.8, 4) is 0 Å². The molecule has 1 fully saturated rings. The molecule has 0 amide bonds. The van der Waals surface area contributed by atoms with Crippen LogP contribution in [0.25, 0.3) is 0 Å². The molecule has 0 aromatic heterocycles. The molecule has 88 valence electrons. The third-order valence-electron chi connectivity index (χ3n) is 3.70. The highest BCUT2D eigenvalue weighted by molar-refractivity contribution is 5.17. The van der Waals surface area contributed by atoms with Gasteiger partial charge in [0.1, 0.15) is 0 Å². The number of likely N-dealkylation sites (tertiary alicyclic amines) is 1. The fourth-order valence-corrected chi connectivity index (χ4v) is 2.45. The van der Waals surface area contributed by atoms with E-state index in [9.17, 15) is 0 Å². The highest BCUT2D eigenvalue weighted by Crippen LogP contribution is 2.29. The Bertz CT molecular complexity index is 315. The normalized spacial score (nSPS) is 20.9. The summed E-state index contributed by atoms with van der Waals surface area (Å²) in [4.78, 5) is 2.38. The van der Waals surface area contributed by atoms with E-state index in [-0.39, 0.29) is 5.60 Å². The molecular formula is C14H21NO. The molecule has 0 unspecified atom stereocenters. The second-order valence-electron chi connectivity index (χ2n) is 4.85. The lowest BCUT2D eigenvalue weighted by atomic mass is 9.85. The minimum atomic E-state index is 0.0634. The van der Waals surface area contributed by atoms with Crippen LogP contribution >= 0.6 is 0 Å². The molecular weight excluding hydrogens is 198 g/mol. The van der Waals surface area contributed by atoms with Crippen LogP contribution in [-0.2, 0) is 11.2 Å². The van der Waals surface area contributed by atoms with Crippen LogP contribution in [0.1, 0.15) is 18.4 Å².